The van der Waals surface area contributed by atoms with Crippen LogP contribution in [0.5, 0.6) is 0 Å². The number of nitrogens with one attached hydrogen (secondary N) is 1. The predicted octanol–water partition coefficient (Wildman–Crippen LogP) is 4.86. The molecule has 0 aliphatic rings. The number of thiazole rings is 1. The van der Waals surface area contributed by atoms with Crippen LogP contribution in [-0.4, -0.2) is 40.4 Å². The highest BCUT2D eigenvalue weighted by atomic mass is 32.2. The fourth-order valence-corrected chi connectivity index (χ4v) is 5.85. The summed E-state index contributed by atoms with van der Waals surface area (Å²) in [5, 5.41) is 8.00. The van der Waals surface area contributed by atoms with Crippen molar-refractivity contribution in [3.05, 3.63) is 102 Å². The number of hydrogen-bond donors (Lipinski definition) is 1. The summed E-state index contributed by atoms with van der Waals surface area (Å²) >= 11 is 1.48. The van der Waals surface area contributed by atoms with Crippen LogP contribution in [0.3, 0.4) is 0 Å². The SMILES string of the molecule is Cc1cc(NC(=O)c2ccc(S(=O)(=O)N(C)Cc3ccccc3)cc2)n(-c2nc3ccccc3s2)n1. The maximum atomic E-state index is 13.0. The smallest absolute Gasteiger partial charge is 0.256 e. The van der Waals surface area contributed by atoms with E-state index in [0.29, 0.717) is 16.5 Å². The molecule has 0 aliphatic heterocycles. The first-order valence-electron chi connectivity index (χ1n) is 11.2. The Labute approximate surface area is 212 Å². The van der Waals surface area contributed by atoms with Crippen molar-refractivity contribution in [3.8, 4) is 5.13 Å². The number of aryl methyl sites for hydroxylation is 1. The first kappa shape index (κ1) is 23.9. The lowest BCUT2D eigenvalue weighted by atomic mass is 10.2. The summed E-state index contributed by atoms with van der Waals surface area (Å²) in [5.41, 5.74) is 2.80. The average Bonchev–Trinajstić information content (AvgIpc) is 3.47. The molecular weight excluding hydrogens is 494 g/mol. The monoisotopic (exact) mass is 517 g/mol. The van der Waals surface area contributed by atoms with Gasteiger partial charge in [-0.1, -0.05) is 53.8 Å². The Morgan fingerprint density at radius 2 is 1.69 bits per heavy atom. The molecule has 0 saturated heterocycles. The molecule has 5 aromatic rings. The molecule has 182 valence electrons. The quantitative estimate of drug-likeness (QED) is 0.332. The van der Waals surface area contributed by atoms with Crippen molar-refractivity contribution >= 4 is 43.3 Å². The van der Waals surface area contributed by atoms with Crippen LogP contribution in [-0.2, 0) is 16.6 Å². The number of carbonyl (C=O) groups excluding carboxylic acids is 1. The van der Waals surface area contributed by atoms with Crippen molar-refractivity contribution in [3.63, 3.8) is 0 Å². The molecule has 2 aromatic heterocycles. The van der Waals surface area contributed by atoms with Gasteiger partial charge in [0.1, 0.15) is 5.82 Å². The van der Waals surface area contributed by atoms with Crippen LogP contribution >= 0.6 is 11.3 Å². The van der Waals surface area contributed by atoms with Gasteiger partial charge in [-0.05, 0) is 48.9 Å². The number of anilines is 1. The van der Waals surface area contributed by atoms with E-state index in [1.54, 1.807) is 10.7 Å². The Bertz CT molecular complexity index is 1610. The van der Waals surface area contributed by atoms with Gasteiger partial charge in [-0.15, -0.1) is 0 Å². The molecule has 36 heavy (non-hydrogen) atoms. The molecule has 0 bridgehead atoms. The molecule has 0 saturated carbocycles. The highest BCUT2D eigenvalue weighted by Crippen LogP contribution is 2.27. The van der Waals surface area contributed by atoms with Crippen molar-refractivity contribution in [1.29, 1.82) is 0 Å². The summed E-state index contributed by atoms with van der Waals surface area (Å²) in [6.45, 7) is 2.09. The van der Waals surface area contributed by atoms with E-state index in [1.807, 2.05) is 61.5 Å². The second kappa shape index (κ2) is 9.65. The molecule has 1 N–H and O–H groups in total. The number of amides is 1. The third-order valence-corrected chi connectivity index (χ3v) is 8.44. The zero-order valence-electron chi connectivity index (χ0n) is 19.6. The second-order valence-corrected chi connectivity index (χ2v) is 11.3. The lowest BCUT2D eigenvalue weighted by Crippen LogP contribution is -2.26. The van der Waals surface area contributed by atoms with Crippen LogP contribution in [0, 0.1) is 6.92 Å². The van der Waals surface area contributed by atoms with Crippen molar-refractivity contribution in [2.24, 2.45) is 0 Å². The summed E-state index contributed by atoms with van der Waals surface area (Å²) in [6, 6.07) is 24.8. The van der Waals surface area contributed by atoms with Crippen molar-refractivity contribution in [2.45, 2.75) is 18.4 Å². The van der Waals surface area contributed by atoms with E-state index in [2.05, 4.69) is 15.4 Å². The predicted molar refractivity (Wildman–Crippen MR) is 141 cm³/mol. The van der Waals surface area contributed by atoms with E-state index in [0.717, 1.165) is 21.5 Å². The van der Waals surface area contributed by atoms with Gasteiger partial charge in [-0.25, -0.2) is 13.4 Å². The van der Waals surface area contributed by atoms with Gasteiger partial charge in [-0.3, -0.25) is 4.79 Å². The van der Waals surface area contributed by atoms with Gasteiger partial charge in [0, 0.05) is 25.2 Å². The lowest BCUT2D eigenvalue weighted by molar-refractivity contribution is 0.102. The highest BCUT2D eigenvalue weighted by Gasteiger charge is 2.22. The molecule has 0 aliphatic carbocycles. The van der Waals surface area contributed by atoms with Crippen LogP contribution in [0.4, 0.5) is 5.82 Å². The Morgan fingerprint density at radius 3 is 2.42 bits per heavy atom. The third-order valence-electron chi connectivity index (χ3n) is 5.61. The molecule has 0 spiro atoms. The molecule has 8 nitrogen and oxygen atoms in total. The van der Waals surface area contributed by atoms with Crippen LogP contribution in [0.15, 0.2) is 89.8 Å². The molecule has 2 heterocycles. The molecule has 1 amide bonds. The largest absolute Gasteiger partial charge is 0.306 e. The minimum atomic E-state index is -3.71. The standard InChI is InChI=1S/C26H23N5O3S2/c1-18-16-24(31(29-18)26-27-22-10-6-7-11-23(22)35-26)28-25(32)20-12-14-21(15-13-20)36(33,34)30(2)17-19-8-4-3-5-9-19/h3-16H,17H2,1-2H3,(H,28,32). The van der Waals surface area contributed by atoms with Crippen LogP contribution in [0.2, 0.25) is 0 Å². The summed E-state index contributed by atoms with van der Waals surface area (Å²) in [4.78, 5) is 17.7. The first-order valence-corrected chi connectivity index (χ1v) is 13.4. The number of sulfonamides is 1. The van der Waals surface area contributed by atoms with Gasteiger partial charge in [0.25, 0.3) is 5.91 Å². The topological polar surface area (TPSA) is 97.2 Å². The van der Waals surface area contributed by atoms with E-state index >= 15 is 0 Å². The van der Waals surface area contributed by atoms with Gasteiger partial charge in [-0.2, -0.15) is 14.1 Å². The van der Waals surface area contributed by atoms with Crippen LogP contribution in [0.1, 0.15) is 21.6 Å². The molecule has 10 heteroatoms. The number of fused-ring (bicyclic) bond motifs is 1. The number of para-hydroxylation sites is 1. The van der Waals surface area contributed by atoms with E-state index in [1.165, 1.54) is 47.0 Å². The maximum Gasteiger partial charge on any atom is 0.256 e. The summed E-state index contributed by atoms with van der Waals surface area (Å²) in [7, 11) is -2.17. The number of nitrogens with zero attached hydrogens (tertiary/aromatic N) is 4. The van der Waals surface area contributed by atoms with E-state index in [4.69, 9.17) is 0 Å². The number of rotatable bonds is 7. The average molecular weight is 518 g/mol. The van der Waals surface area contributed by atoms with E-state index in [9.17, 15) is 13.2 Å². The van der Waals surface area contributed by atoms with Gasteiger partial charge in [0.2, 0.25) is 15.2 Å². The molecule has 0 unspecified atom stereocenters. The fraction of sp³-hybridized carbons (Fsp3) is 0.115. The summed E-state index contributed by atoms with van der Waals surface area (Å²) in [6.07, 6.45) is 0. The van der Waals surface area contributed by atoms with Crippen LogP contribution < -0.4 is 5.32 Å². The molecular formula is C26H23N5O3S2. The first-order chi connectivity index (χ1) is 17.3. The number of aromatic nitrogens is 3. The van der Waals surface area contributed by atoms with Crippen LogP contribution in [0.25, 0.3) is 15.3 Å². The Balaban J connectivity index is 1.34. The zero-order valence-corrected chi connectivity index (χ0v) is 21.3. The highest BCUT2D eigenvalue weighted by molar-refractivity contribution is 7.89. The zero-order chi connectivity index (χ0) is 25.3. The van der Waals surface area contributed by atoms with Crippen molar-refractivity contribution in [1.82, 2.24) is 19.1 Å². The molecule has 3 aromatic carbocycles. The Kier molecular flexibility index (Phi) is 6.40. The number of benzene rings is 3. The molecule has 0 radical (unpaired) electrons. The molecule has 5 rings (SSSR count). The van der Waals surface area contributed by atoms with Gasteiger partial charge in [0.05, 0.1) is 20.8 Å². The lowest BCUT2D eigenvalue weighted by Gasteiger charge is -2.17. The summed E-state index contributed by atoms with van der Waals surface area (Å²) in [5.74, 6) is 0.106. The minimum Gasteiger partial charge on any atom is -0.306 e. The normalized spacial score (nSPS) is 11.8. The second-order valence-electron chi connectivity index (χ2n) is 8.27. The Hall–Kier alpha value is -3.86. The minimum absolute atomic E-state index is 0.118. The maximum absolute atomic E-state index is 13.0. The van der Waals surface area contributed by atoms with Gasteiger partial charge < -0.3 is 5.32 Å². The fourth-order valence-electron chi connectivity index (χ4n) is 3.76. The number of carbonyl (C=O) groups is 1. The molecule has 0 fully saturated rings. The van der Waals surface area contributed by atoms with Gasteiger partial charge >= 0.3 is 0 Å². The third kappa shape index (κ3) is 4.78. The molecule has 0 atom stereocenters. The van der Waals surface area contributed by atoms with E-state index < -0.39 is 10.0 Å². The number of hydrogen-bond acceptors (Lipinski definition) is 6. The summed E-state index contributed by atoms with van der Waals surface area (Å²) < 4.78 is 29.9. The van der Waals surface area contributed by atoms with E-state index in [-0.39, 0.29) is 17.3 Å². The Morgan fingerprint density at radius 1 is 1.00 bits per heavy atom. The van der Waals surface area contributed by atoms with Crippen molar-refractivity contribution in [2.75, 3.05) is 12.4 Å². The van der Waals surface area contributed by atoms with Gasteiger partial charge in [0.15, 0.2) is 0 Å². The van der Waals surface area contributed by atoms with Crippen molar-refractivity contribution < 1.29 is 13.2 Å².